The van der Waals surface area contributed by atoms with Gasteiger partial charge in [-0.3, -0.25) is 0 Å². The Morgan fingerprint density at radius 3 is 2.75 bits per heavy atom. The van der Waals surface area contributed by atoms with Gasteiger partial charge in [-0.15, -0.1) is 0 Å². The van der Waals surface area contributed by atoms with Crippen LogP contribution in [0.15, 0.2) is 4.52 Å². The van der Waals surface area contributed by atoms with Crippen molar-refractivity contribution in [3.05, 3.63) is 11.7 Å². The highest BCUT2D eigenvalue weighted by molar-refractivity contribution is 5.71. The van der Waals surface area contributed by atoms with Gasteiger partial charge in [0.05, 0.1) is 0 Å². The van der Waals surface area contributed by atoms with Gasteiger partial charge in [0.2, 0.25) is 0 Å². The molecule has 6 heteroatoms. The van der Waals surface area contributed by atoms with Gasteiger partial charge >= 0.3 is 5.97 Å². The first-order valence-electron chi connectivity index (χ1n) is 5.15. The van der Waals surface area contributed by atoms with E-state index in [1.165, 1.54) is 6.92 Å². The summed E-state index contributed by atoms with van der Waals surface area (Å²) in [4.78, 5) is 14.6. The van der Waals surface area contributed by atoms with Gasteiger partial charge in [0.25, 0.3) is 5.89 Å². The molecule has 90 valence electrons. The van der Waals surface area contributed by atoms with Crippen LogP contribution in [0.25, 0.3) is 0 Å². The molecule has 1 aromatic heterocycles. The average Bonchev–Trinajstić information content (AvgIpc) is 2.60. The van der Waals surface area contributed by atoms with Crippen molar-refractivity contribution < 1.29 is 19.2 Å². The summed E-state index contributed by atoms with van der Waals surface area (Å²) in [5.74, 6) is 0.367. The van der Waals surface area contributed by atoms with Crippen molar-refractivity contribution in [3.8, 4) is 0 Å². The summed E-state index contributed by atoms with van der Waals surface area (Å²) in [6, 6.07) is 0. The van der Waals surface area contributed by atoms with Crippen LogP contribution in [0.1, 0.15) is 32.5 Å². The first-order chi connectivity index (χ1) is 7.49. The molecule has 1 heterocycles. The molecule has 1 rings (SSSR count). The molecule has 0 spiro atoms. The smallest absolute Gasteiger partial charge is 0.332 e. The summed E-state index contributed by atoms with van der Waals surface area (Å²) in [6.45, 7) is 5.59. The molecule has 0 aliphatic rings. The monoisotopic (exact) mass is 228 g/mol. The van der Waals surface area contributed by atoms with Crippen LogP contribution in [0.2, 0.25) is 0 Å². The molecule has 6 nitrogen and oxygen atoms in total. The Bertz CT molecular complexity index is 348. The van der Waals surface area contributed by atoms with E-state index in [0.717, 1.165) is 6.42 Å². The number of carbonyl (C=O) groups is 1. The van der Waals surface area contributed by atoms with E-state index < -0.39 is 12.1 Å². The molecule has 0 aliphatic carbocycles. The molecule has 0 radical (unpaired) electrons. The van der Waals surface area contributed by atoms with E-state index >= 15 is 0 Å². The molecule has 0 bridgehead atoms. The maximum Gasteiger partial charge on any atom is 0.332 e. The second-order valence-corrected chi connectivity index (χ2v) is 3.99. The Morgan fingerprint density at radius 1 is 1.50 bits per heavy atom. The molecule has 1 unspecified atom stereocenters. The Hall–Kier alpha value is -1.43. The third kappa shape index (κ3) is 3.98. The lowest BCUT2D eigenvalue weighted by Crippen LogP contribution is -2.19. The summed E-state index contributed by atoms with van der Waals surface area (Å²) in [6.07, 6.45) is -0.140. The molecule has 0 amide bonds. The van der Waals surface area contributed by atoms with Crippen molar-refractivity contribution in [2.45, 2.75) is 39.9 Å². The lowest BCUT2D eigenvalue weighted by atomic mass is 10.1. The third-order valence-corrected chi connectivity index (χ3v) is 1.91. The Morgan fingerprint density at radius 2 is 2.19 bits per heavy atom. The predicted octanol–water partition coefficient (Wildman–Crippen LogP) is 1.26. The summed E-state index contributed by atoms with van der Waals surface area (Å²) < 4.78 is 9.93. The van der Waals surface area contributed by atoms with Crippen molar-refractivity contribution in [3.63, 3.8) is 0 Å². The van der Waals surface area contributed by atoms with Gasteiger partial charge in [-0.25, -0.2) is 4.79 Å². The number of rotatable bonds is 6. The second-order valence-electron chi connectivity index (χ2n) is 3.99. The van der Waals surface area contributed by atoms with Crippen LogP contribution in [-0.2, 0) is 22.6 Å². The van der Waals surface area contributed by atoms with Crippen LogP contribution in [0.3, 0.4) is 0 Å². The van der Waals surface area contributed by atoms with E-state index in [4.69, 9.17) is 14.4 Å². The van der Waals surface area contributed by atoms with Crippen molar-refractivity contribution in [1.29, 1.82) is 0 Å². The summed E-state index contributed by atoms with van der Waals surface area (Å²) in [5.41, 5.74) is 0. The molecule has 16 heavy (non-hydrogen) atoms. The maximum atomic E-state index is 10.5. The number of aliphatic carboxylic acids is 1. The fourth-order valence-electron chi connectivity index (χ4n) is 1.06. The zero-order valence-electron chi connectivity index (χ0n) is 9.64. The minimum atomic E-state index is -1.01. The molecule has 1 atom stereocenters. The molecule has 1 N–H and O–H groups in total. The normalized spacial score (nSPS) is 13.0. The van der Waals surface area contributed by atoms with Gasteiger partial charge in [0.1, 0.15) is 6.61 Å². The lowest BCUT2D eigenvalue weighted by molar-refractivity contribution is -0.150. The number of aromatic nitrogens is 2. The number of carboxylic acids is 1. The van der Waals surface area contributed by atoms with Crippen LogP contribution >= 0.6 is 0 Å². The largest absolute Gasteiger partial charge is 0.479 e. The molecule has 1 aromatic rings. The molecular weight excluding hydrogens is 212 g/mol. The first-order valence-corrected chi connectivity index (χ1v) is 5.15. The minimum absolute atomic E-state index is 0.0264. The Labute approximate surface area is 93.6 Å². The number of hydrogen-bond acceptors (Lipinski definition) is 5. The Balaban J connectivity index is 2.43. The van der Waals surface area contributed by atoms with Crippen molar-refractivity contribution >= 4 is 5.97 Å². The van der Waals surface area contributed by atoms with Crippen molar-refractivity contribution in [1.82, 2.24) is 10.1 Å². The van der Waals surface area contributed by atoms with E-state index in [1.807, 2.05) is 0 Å². The van der Waals surface area contributed by atoms with E-state index in [9.17, 15) is 4.79 Å². The van der Waals surface area contributed by atoms with Gasteiger partial charge in [0, 0.05) is 6.42 Å². The third-order valence-electron chi connectivity index (χ3n) is 1.91. The topological polar surface area (TPSA) is 85.5 Å². The zero-order valence-corrected chi connectivity index (χ0v) is 9.64. The average molecular weight is 228 g/mol. The van der Waals surface area contributed by atoms with Crippen molar-refractivity contribution in [2.75, 3.05) is 0 Å². The predicted molar refractivity (Wildman–Crippen MR) is 54.7 cm³/mol. The van der Waals surface area contributed by atoms with E-state index in [1.54, 1.807) is 0 Å². The first kappa shape index (κ1) is 12.6. The maximum absolute atomic E-state index is 10.5. The molecule has 0 aromatic carbocycles. The SMILES string of the molecule is CC(C)Cc1noc(COC(C)C(=O)O)n1. The fraction of sp³-hybridized carbons (Fsp3) is 0.700. The van der Waals surface area contributed by atoms with Crippen LogP contribution in [0, 0.1) is 5.92 Å². The highest BCUT2D eigenvalue weighted by Crippen LogP contribution is 2.06. The number of ether oxygens (including phenoxy) is 1. The van der Waals surface area contributed by atoms with E-state index in [-0.39, 0.29) is 6.61 Å². The zero-order chi connectivity index (χ0) is 12.1. The van der Waals surface area contributed by atoms with Crippen LogP contribution in [-0.4, -0.2) is 27.3 Å². The number of nitrogens with zero attached hydrogens (tertiary/aromatic N) is 2. The molecule has 0 saturated carbocycles. The van der Waals surface area contributed by atoms with Crippen molar-refractivity contribution in [2.24, 2.45) is 5.92 Å². The standard InChI is InChI=1S/C10H16N2O4/c1-6(2)4-8-11-9(16-12-8)5-15-7(3)10(13)14/h6-7H,4-5H2,1-3H3,(H,13,14). The van der Waals surface area contributed by atoms with Gasteiger partial charge in [-0.05, 0) is 12.8 Å². The van der Waals surface area contributed by atoms with Gasteiger partial charge in [-0.1, -0.05) is 19.0 Å². The quantitative estimate of drug-likeness (QED) is 0.788. The Kier molecular flexibility index (Phi) is 4.42. The van der Waals surface area contributed by atoms with Crippen LogP contribution in [0.4, 0.5) is 0 Å². The summed E-state index contributed by atoms with van der Waals surface area (Å²) >= 11 is 0. The van der Waals surface area contributed by atoms with Gasteiger partial charge < -0.3 is 14.4 Å². The van der Waals surface area contributed by atoms with E-state index in [2.05, 4.69) is 24.0 Å². The van der Waals surface area contributed by atoms with Crippen LogP contribution < -0.4 is 0 Å². The molecule has 0 fully saturated rings. The minimum Gasteiger partial charge on any atom is -0.479 e. The molecule has 0 aliphatic heterocycles. The van der Waals surface area contributed by atoms with Gasteiger partial charge in [0.15, 0.2) is 11.9 Å². The molecular formula is C10H16N2O4. The summed E-state index contributed by atoms with van der Waals surface area (Å²) in [5, 5.41) is 12.4. The second kappa shape index (κ2) is 5.60. The van der Waals surface area contributed by atoms with Crippen LogP contribution in [0.5, 0.6) is 0 Å². The summed E-state index contributed by atoms with van der Waals surface area (Å²) in [7, 11) is 0. The lowest BCUT2D eigenvalue weighted by Gasteiger charge is -2.04. The molecule has 0 saturated heterocycles. The fourth-order valence-corrected chi connectivity index (χ4v) is 1.06. The van der Waals surface area contributed by atoms with E-state index in [0.29, 0.717) is 17.6 Å². The highest BCUT2D eigenvalue weighted by atomic mass is 16.5. The number of hydrogen-bond donors (Lipinski definition) is 1. The number of carboxylic acid groups (broad SMARTS) is 1. The van der Waals surface area contributed by atoms with Gasteiger partial charge in [-0.2, -0.15) is 4.98 Å². The highest BCUT2D eigenvalue weighted by Gasteiger charge is 2.14.